The number of amides is 1. The minimum Gasteiger partial charge on any atom is -0.497 e. The second-order valence-electron chi connectivity index (χ2n) is 5.61. The molecule has 2 N–H and O–H groups in total. The average Bonchev–Trinajstić information content (AvgIpc) is 2.70. The summed E-state index contributed by atoms with van der Waals surface area (Å²) in [5.74, 6) is 0.567. The van der Waals surface area contributed by atoms with Gasteiger partial charge in [-0.2, -0.15) is 0 Å². The maximum atomic E-state index is 13.0. The van der Waals surface area contributed by atoms with Gasteiger partial charge in [-0.1, -0.05) is 0 Å². The van der Waals surface area contributed by atoms with E-state index in [0.29, 0.717) is 34.1 Å². The highest BCUT2D eigenvalue weighted by atomic mass is 19.1. The molecule has 0 aliphatic carbocycles. The van der Waals surface area contributed by atoms with Gasteiger partial charge in [-0.05, 0) is 42.5 Å². The van der Waals surface area contributed by atoms with Crippen LogP contribution in [-0.2, 0) is 0 Å². The van der Waals surface area contributed by atoms with E-state index in [9.17, 15) is 9.18 Å². The van der Waals surface area contributed by atoms with Gasteiger partial charge in [0.25, 0.3) is 5.91 Å². The van der Waals surface area contributed by atoms with Gasteiger partial charge in [-0.25, -0.2) is 4.39 Å². The molecule has 0 radical (unpaired) electrons. The van der Waals surface area contributed by atoms with Crippen LogP contribution in [-0.4, -0.2) is 25.1 Å². The van der Waals surface area contributed by atoms with Crippen molar-refractivity contribution >= 4 is 23.0 Å². The number of aromatic nitrogens is 1. The largest absolute Gasteiger partial charge is 0.497 e. The van der Waals surface area contributed by atoms with Crippen LogP contribution in [0.15, 0.2) is 60.9 Å². The molecule has 0 fully saturated rings. The minimum absolute atomic E-state index is 0.352. The summed E-state index contributed by atoms with van der Waals surface area (Å²) in [7, 11) is 3.14. The molecule has 6 nitrogen and oxygen atoms in total. The van der Waals surface area contributed by atoms with Gasteiger partial charge >= 0.3 is 0 Å². The van der Waals surface area contributed by atoms with Gasteiger partial charge in [0.1, 0.15) is 17.3 Å². The molecule has 27 heavy (non-hydrogen) atoms. The molecule has 0 aliphatic heterocycles. The van der Waals surface area contributed by atoms with E-state index in [4.69, 9.17) is 9.47 Å². The zero-order valence-corrected chi connectivity index (χ0v) is 14.8. The highest BCUT2D eigenvalue weighted by molar-refractivity contribution is 6.04. The predicted molar refractivity (Wildman–Crippen MR) is 101 cm³/mol. The summed E-state index contributed by atoms with van der Waals surface area (Å²) in [6.07, 6.45) is 3.04. The highest BCUT2D eigenvalue weighted by Crippen LogP contribution is 2.31. The number of pyridine rings is 1. The van der Waals surface area contributed by atoms with E-state index in [0.717, 1.165) is 0 Å². The third kappa shape index (κ3) is 4.52. The number of hydrogen-bond donors (Lipinski definition) is 2. The van der Waals surface area contributed by atoms with E-state index in [1.54, 1.807) is 44.7 Å². The van der Waals surface area contributed by atoms with Crippen LogP contribution in [0.4, 0.5) is 21.5 Å². The molecule has 7 heteroatoms. The number of hydrogen-bond acceptors (Lipinski definition) is 5. The Morgan fingerprint density at radius 1 is 0.963 bits per heavy atom. The van der Waals surface area contributed by atoms with Crippen LogP contribution in [0, 0.1) is 5.82 Å². The van der Waals surface area contributed by atoms with Crippen molar-refractivity contribution < 1.29 is 18.7 Å². The van der Waals surface area contributed by atoms with Gasteiger partial charge in [0.2, 0.25) is 0 Å². The Labute approximate surface area is 156 Å². The maximum Gasteiger partial charge on any atom is 0.257 e. The lowest BCUT2D eigenvalue weighted by Gasteiger charge is -2.13. The molecule has 0 spiro atoms. The summed E-state index contributed by atoms with van der Waals surface area (Å²) in [5, 5.41) is 5.87. The molecule has 0 aliphatic rings. The Morgan fingerprint density at radius 2 is 1.74 bits per heavy atom. The molecular weight excluding hydrogens is 349 g/mol. The van der Waals surface area contributed by atoms with E-state index in [1.807, 2.05) is 0 Å². The summed E-state index contributed by atoms with van der Waals surface area (Å²) >= 11 is 0. The lowest BCUT2D eigenvalue weighted by atomic mass is 10.2. The fourth-order valence-corrected chi connectivity index (χ4v) is 2.44. The molecule has 1 aromatic heterocycles. The number of nitrogens with one attached hydrogen (secondary N) is 2. The smallest absolute Gasteiger partial charge is 0.257 e. The minimum atomic E-state index is -0.368. The summed E-state index contributed by atoms with van der Waals surface area (Å²) in [4.78, 5) is 16.5. The Morgan fingerprint density at radius 3 is 2.44 bits per heavy atom. The van der Waals surface area contributed by atoms with Gasteiger partial charge in [0, 0.05) is 18.0 Å². The summed E-state index contributed by atoms with van der Waals surface area (Å²) in [6, 6.07) is 12.5. The molecular formula is C20H18FN3O3. The fraction of sp³-hybridized carbons (Fsp3) is 0.100. The first-order valence-electron chi connectivity index (χ1n) is 8.10. The first-order valence-corrected chi connectivity index (χ1v) is 8.10. The Kier molecular flexibility index (Phi) is 5.51. The first-order chi connectivity index (χ1) is 13.1. The maximum absolute atomic E-state index is 13.0. The van der Waals surface area contributed by atoms with E-state index >= 15 is 0 Å². The second-order valence-corrected chi connectivity index (χ2v) is 5.61. The standard InChI is InChI=1S/C20H18FN3O3/c1-26-17-7-8-19(27-2)18(10-17)23-16-9-13(11-22-12-16)20(25)24-15-5-3-14(21)4-6-15/h3-12,23H,1-2H3,(H,24,25). The van der Waals surface area contributed by atoms with Crippen LogP contribution in [0.25, 0.3) is 0 Å². The van der Waals surface area contributed by atoms with Crippen molar-refractivity contribution in [3.05, 3.63) is 72.3 Å². The van der Waals surface area contributed by atoms with Gasteiger partial charge in [-0.3, -0.25) is 9.78 Å². The van der Waals surface area contributed by atoms with Crippen LogP contribution < -0.4 is 20.1 Å². The van der Waals surface area contributed by atoms with Crippen molar-refractivity contribution in [1.29, 1.82) is 0 Å². The Bertz CT molecular complexity index is 945. The summed E-state index contributed by atoms with van der Waals surface area (Å²) in [5.41, 5.74) is 2.13. The number of ether oxygens (including phenoxy) is 2. The molecule has 0 saturated carbocycles. The second kappa shape index (κ2) is 8.18. The SMILES string of the molecule is COc1ccc(OC)c(Nc2cncc(C(=O)Nc3ccc(F)cc3)c2)c1. The molecule has 1 amide bonds. The predicted octanol–water partition coefficient (Wildman–Crippen LogP) is 4.23. The van der Waals surface area contributed by atoms with Crippen molar-refractivity contribution in [2.24, 2.45) is 0 Å². The van der Waals surface area contributed by atoms with E-state index in [2.05, 4.69) is 15.6 Å². The number of carbonyl (C=O) groups is 1. The molecule has 138 valence electrons. The molecule has 0 unspecified atom stereocenters. The first kappa shape index (κ1) is 18.2. The lowest BCUT2D eigenvalue weighted by molar-refractivity contribution is 0.102. The zero-order valence-electron chi connectivity index (χ0n) is 14.8. The fourth-order valence-electron chi connectivity index (χ4n) is 2.44. The number of carbonyl (C=O) groups excluding carboxylic acids is 1. The summed E-state index contributed by atoms with van der Waals surface area (Å²) < 4.78 is 23.5. The number of halogens is 1. The van der Waals surface area contributed by atoms with Gasteiger partial charge in [-0.15, -0.1) is 0 Å². The van der Waals surface area contributed by atoms with Crippen molar-refractivity contribution in [2.75, 3.05) is 24.9 Å². The molecule has 2 aromatic carbocycles. The number of anilines is 3. The Hall–Kier alpha value is -3.61. The third-order valence-electron chi connectivity index (χ3n) is 3.79. The number of benzene rings is 2. The van der Waals surface area contributed by atoms with Crippen LogP contribution in [0.2, 0.25) is 0 Å². The lowest BCUT2D eigenvalue weighted by Crippen LogP contribution is -2.12. The van der Waals surface area contributed by atoms with Gasteiger partial charge < -0.3 is 20.1 Å². The third-order valence-corrected chi connectivity index (χ3v) is 3.79. The van der Waals surface area contributed by atoms with Crippen molar-refractivity contribution in [1.82, 2.24) is 4.98 Å². The van der Waals surface area contributed by atoms with E-state index in [-0.39, 0.29) is 11.7 Å². The zero-order chi connectivity index (χ0) is 19.2. The van der Waals surface area contributed by atoms with Crippen molar-refractivity contribution in [3.8, 4) is 11.5 Å². The highest BCUT2D eigenvalue weighted by Gasteiger charge is 2.10. The van der Waals surface area contributed by atoms with E-state index < -0.39 is 0 Å². The normalized spacial score (nSPS) is 10.2. The summed E-state index contributed by atoms with van der Waals surface area (Å²) in [6.45, 7) is 0. The molecule has 0 atom stereocenters. The van der Waals surface area contributed by atoms with Gasteiger partial charge in [0.05, 0.1) is 37.4 Å². The quantitative estimate of drug-likeness (QED) is 0.682. The van der Waals surface area contributed by atoms with Crippen molar-refractivity contribution in [2.45, 2.75) is 0 Å². The topological polar surface area (TPSA) is 72.5 Å². The van der Waals surface area contributed by atoms with Crippen molar-refractivity contribution in [3.63, 3.8) is 0 Å². The molecule has 0 saturated heterocycles. The molecule has 3 aromatic rings. The van der Waals surface area contributed by atoms with Crippen LogP contribution in [0.3, 0.4) is 0 Å². The molecule has 3 rings (SSSR count). The Balaban J connectivity index is 1.79. The van der Waals surface area contributed by atoms with E-state index in [1.165, 1.54) is 30.5 Å². The molecule has 1 heterocycles. The monoisotopic (exact) mass is 367 g/mol. The average molecular weight is 367 g/mol. The van der Waals surface area contributed by atoms with Crippen LogP contribution in [0.1, 0.15) is 10.4 Å². The number of nitrogens with zero attached hydrogens (tertiary/aromatic N) is 1. The van der Waals surface area contributed by atoms with Gasteiger partial charge in [0.15, 0.2) is 0 Å². The van der Waals surface area contributed by atoms with Crippen LogP contribution in [0.5, 0.6) is 11.5 Å². The number of rotatable bonds is 6. The van der Waals surface area contributed by atoms with Crippen LogP contribution >= 0.6 is 0 Å². The molecule has 0 bridgehead atoms. The number of methoxy groups -OCH3 is 2.